The van der Waals surface area contributed by atoms with Gasteiger partial charge in [0.15, 0.2) is 6.29 Å². The number of nitrogens with one attached hydrogen (secondary N) is 1. The number of aromatic nitrogens is 3. The van der Waals surface area contributed by atoms with E-state index >= 15 is 0 Å². The molecule has 8 nitrogen and oxygen atoms in total. The summed E-state index contributed by atoms with van der Waals surface area (Å²) < 4.78 is 7.52. The molecular formula is C23H29N5O3. The first-order valence-corrected chi connectivity index (χ1v) is 10.3. The highest BCUT2D eigenvalue weighted by atomic mass is 16.5. The van der Waals surface area contributed by atoms with Gasteiger partial charge in [0.2, 0.25) is 0 Å². The standard InChI is InChI=1S/C12H18N2O2.C11H11N3O/c1-8-5-9(15)6-12(16-8)10-3-4-14-7-11(10)13-2;12-10-7-14(13-11(10)8-15)6-9-4-2-1-3-5-9/h3-4,7-9,12-13,15H,5-6H2,1-2H3;1-5,7-8H,6,12H2. The molecule has 8 heteroatoms. The molecule has 0 spiro atoms. The fourth-order valence-corrected chi connectivity index (χ4v) is 3.61. The number of hydrogen-bond donors (Lipinski definition) is 3. The number of aliphatic hydroxyl groups excluding tert-OH is 1. The quantitative estimate of drug-likeness (QED) is 0.540. The summed E-state index contributed by atoms with van der Waals surface area (Å²) in [7, 11) is 1.86. The highest BCUT2D eigenvalue weighted by molar-refractivity contribution is 5.79. The highest BCUT2D eigenvalue weighted by Gasteiger charge is 2.28. The van der Waals surface area contributed by atoms with E-state index < -0.39 is 0 Å². The third-order valence-corrected chi connectivity index (χ3v) is 5.08. The minimum Gasteiger partial charge on any atom is -0.396 e. The maximum Gasteiger partial charge on any atom is 0.172 e. The van der Waals surface area contributed by atoms with E-state index in [9.17, 15) is 9.90 Å². The second kappa shape index (κ2) is 10.7. The van der Waals surface area contributed by atoms with Crippen molar-refractivity contribution in [3.8, 4) is 0 Å². The van der Waals surface area contributed by atoms with Gasteiger partial charge in [0.25, 0.3) is 0 Å². The fraction of sp³-hybridized carbons (Fsp3) is 0.348. The normalized spacial score (nSPS) is 20.4. The number of nitrogens with two attached hydrogens (primary N) is 1. The van der Waals surface area contributed by atoms with Gasteiger partial charge < -0.3 is 20.9 Å². The van der Waals surface area contributed by atoms with Crippen LogP contribution in [-0.2, 0) is 11.3 Å². The molecule has 0 aliphatic carbocycles. The first-order valence-electron chi connectivity index (χ1n) is 10.3. The van der Waals surface area contributed by atoms with Crippen LogP contribution >= 0.6 is 0 Å². The van der Waals surface area contributed by atoms with Crippen LogP contribution in [0.25, 0.3) is 0 Å². The zero-order valence-electron chi connectivity index (χ0n) is 17.8. The maximum atomic E-state index is 10.5. The van der Waals surface area contributed by atoms with Crippen LogP contribution in [0.5, 0.6) is 0 Å². The van der Waals surface area contributed by atoms with E-state index in [0.29, 0.717) is 30.6 Å². The van der Waals surface area contributed by atoms with Crippen molar-refractivity contribution in [2.24, 2.45) is 0 Å². The Bertz CT molecular complexity index is 966. The molecule has 164 valence electrons. The summed E-state index contributed by atoms with van der Waals surface area (Å²) >= 11 is 0. The lowest BCUT2D eigenvalue weighted by Crippen LogP contribution is -2.29. The largest absolute Gasteiger partial charge is 0.396 e. The minimum absolute atomic E-state index is 0.0378. The number of pyridine rings is 1. The Balaban J connectivity index is 0.000000176. The van der Waals surface area contributed by atoms with Crippen molar-refractivity contribution in [1.29, 1.82) is 0 Å². The topological polar surface area (TPSA) is 115 Å². The van der Waals surface area contributed by atoms with Gasteiger partial charge in [0.1, 0.15) is 5.69 Å². The number of anilines is 2. The van der Waals surface area contributed by atoms with E-state index in [1.165, 1.54) is 0 Å². The number of aliphatic hydroxyl groups is 1. The Labute approximate surface area is 182 Å². The molecule has 3 atom stereocenters. The molecule has 0 amide bonds. The Morgan fingerprint density at radius 3 is 2.71 bits per heavy atom. The van der Waals surface area contributed by atoms with E-state index in [-0.39, 0.29) is 18.3 Å². The molecule has 3 unspecified atom stereocenters. The minimum atomic E-state index is -0.272. The molecule has 2 aromatic heterocycles. The van der Waals surface area contributed by atoms with Crippen LogP contribution in [0.15, 0.2) is 55.0 Å². The van der Waals surface area contributed by atoms with Crippen molar-refractivity contribution in [3.05, 3.63) is 71.8 Å². The van der Waals surface area contributed by atoms with Crippen LogP contribution in [0.4, 0.5) is 11.4 Å². The molecule has 1 saturated heterocycles. The number of carbonyl (C=O) groups excluding carboxylic acids is 1. The summed E-state index contributed by atoms with van der Waals surface area (Å²) in [4.78, 5) is 14.6. The Kier molecular flexibility index (Phi) is 7.75. The molecule has 4 rings (SSSR count). The fourth-order valence-electron chi connectivity index (χ4n) is 3.61. The summed E-state index contributed by atoms with van der Waals surface area (Å²) in [6.07, 6.45) is 7.03. The van der Waals surface area contributed by atoms with Gasteiger partial charge in [0.05, 0.1) is 42.4 Å². The Morgan fingerprint density at radius 1 is 1.29 bits per heavy atom. The first-order chi connectivity index (χ1) is 15.0. The second-order valence-corrected chi connectivity index (χ2v) is 7.54. The van der Waals surface area contributed by atoms with Gasteiger partial charge >= 0.3 is 0 Å². The summed E-state index contributed by atoms with van der Waals surface area (Å²) in [6, 6.07) is 11.8. The van der Waals surface area contributed by atoms with E-state index in [2.05, 4.69) is 15.4 Å². The van der Waals surface area contributed by atoms with Crippen molar-refractivity contribution >= 4 is 17.7 Å². The van der Waals surface area contributed by atoms with Crippen LogP contribution in [-0.4, -0.2) is 45.4 Å². The molecule has 0 bridgehead atoms. The number of benzene rings is 1. The summed E-state index contributed by atoms with van der Waals surface area (Å²) in [5.41, 5.74) is 9.47. The predicted octanol–water partition coefficient (Wildman–Crippen LogP) is 3.05. The number of carbonyl (C=O) groups is 1. The molecular weight excluding hydrogens is 394 g/mol. The number of nitrogen functional groups attached to an aromatic ring is 1. The van der Waals surface area contributed by atoms with Crippen LogP contribution < -0.4 is 11.1 Å². The van der Waals surface area contributed by atoms with Crippen LogP contribution in [0.3, 0.4) is 0 Å². The zero-order chi connectivity index (χ0) is 22.2. The third kappa shape index (κ3) is 6.13. The average molecular weight is 424 g/mol. The van der Waals surface area contributed by atoms with Crippen molar-refractivity contribution in [2.45, 2.75) is 44.6 Å². The molecule has 1 fully saturated rings. The highest BCUT2D eigenvalue weighted by Crippen LogP contribution is 2.34. The maximum absolute atomic E-state index is 10.5. The molecule has 1 aliphatic rings. The number of hydrogen-bond acceptors (Lipinski definition) is 7. The summed E-state index contributed by atoms with van der Waals surface area (Å²) in [6.45, 7) is 2.62. The smallest absolute Gasteiger partial charge is 0.172 e. The first kappa shape index (κ1) is 22.5. The van der Waals surface area contributed by atoms with Gasteiger partial charge in [-0.1, -0.05) is 30.3 Å². The number of aldehydes is 1. The number of ether oxygens (including phenoxy) is 1. The third-order valence-electron chi connectivity index (χ3n) is 5.08. The molecule has 1 aliphatic heterocycles. The number of rotatable bonds is 5. The van der Waals surface area contributed by atoms with Gasteiger partial charge in [-0.15, -0.1) is 0 Å². The lowest BCUT2D eigenvalue weighted by molar-refractivity contribution is -0.0892. The van der Waals surface area contributed by atoms with E-state index in [1.54, 1.807) is 23.3 Å². The Morgan fingerprint density at radius 2 is 2.06 bits per heavy atom. The van der Waals surface area contributed by atoms with Crippen molar-refractivity contribution in [1.82, 2.24) is 14.8 Å². The summed E-state index contributed by atoms with van der Waals surface area (Å²) in [5.74, 6) is 0. The lowest BCUT2D eigenvalue weighted by atomic mass is 9.96. The van der Waals surface area contributed by atoms with E-state index in [1.807, 2.05) is 50.4 Å². The number of nitrogens with zero attached hydrogens (tertiary/aromatic N) is 3. The molecule has 3 heterocycles. The van der Waals surface area contributed by atoms with Gasteiger partial charge in [0, 0.05) is 31.4 Å². The van der Waals surface area contributed by atoms with Gasteiger partial charge in [-0.3, -0.25) is 14.5 Å². The molecule has 31 heavy (non-hydrogen) atoms. The van der Waals surface area contributed by atoms with Crippen LogP contribution in [0.2, 0.25) is 0 Å². The monoisotopic (exact) mass is 423 g/mol. The van der Waals surface area contributed by atoms with Gasteiger partial charge in [-0.2, -0.15) is 5.10 Å². The second-order valence-electron chi connectivity index (χ2n) is 7.54. The van der Waals surface area contributed by atoms with Crippen LogP contribution in [0, 0.1) is 0 Å². The zero-order valence-corrected chi connectivity index (χ0v) is 17.8. The van der Waals surface area contributed by atoms with Gasteiger partial charge in [-0.25, -0.2) is 0 Å². The predicted molar refractivity (Wildman–Crippen MR) is 120 cm³/mol. The Hall–Kier alpha value is -3.23. The average Bonchev–Trinajstić information content (AvgIpc) is 3.13. The molecule has 0 radical (unpaired) electrons. The molecule has 4 N–H and O–H groups in total. The van der Waals surface area contributed by atoms with Crippen molar-refractivity contribution in [2.75, 3.05) is 18.1 Å². The SMILES string of the molecule is CNc1cnccc1C1CC(O)CC(C)O1.Nc1cn(Cc2ccccc2)nc1C=O. The summed E-state index contributed by atoms with van der Waals surface area (Å²) in [5, 5.41) is 16.9. The molecule has 3 aromatic rings. The van der Waals surface area contributed by atoms with E-state index in [0.717, 1.165) is 23.2 Å². The van der Waals surface area contributed by atoms with Gasteiger partial charge in [-0.05, 0) is 25.0 Å². The molecule has 0 saturated carbocycles. The van der Waals surface area contributed by atoms with Crippen molar-refractivity contribution in [3.63, 3.8) is 0 Å². The lowest BCUT2D eigenvalue weighted by Gasteiger charge is -2.32. The van der Waals surface area contributed by atoms with E-state index in [4.69, 9.17) is 10.5 Å². The van der Waals surface area contributed by atoms with Crippen molar-refractivity contribution < 1.29 is 14.6 Å². The van der Waals surface area contributed by atoms with Crippen LogP contribution in [0.1, 0.15) is 47.5 Å². The molecule has 1 aromatic carbocycles.